The first-order valence-corrected chi connectivity index (χ1v) is 12.6. The summed E-state index contributed by atoms with van der Waals surface area (Å²) in [4.78, 5) is 30.6. The fraction of sp³-hybridized carbons (Fsp3) is 0.560. The zero-order valence-electron chi connectivity index (χ0n) is 20.9. The number of carbonyl (C=O) groups is 2. The summed E-state index contributed by atoms with van der Waals surface area (Å²) in [5.74, 6) is -2.18. The lowest BCUT2D eigenvalue weighted by molar-refractivity contribution is -0.135. The molecule has 206 valence electrons. The maximum absolute atomic E-state index is 12.9. The molecule has 13 heteroatoms. The summed E-state index contributed by atoms with van der Waals surface area (Å²) in [5, 5.41) is 24.0. The maximum atomic E-state index is 12.9. The van der Waals surface area contributed by atoms with Gasteiger partial charge in [0.15, 0.2) is 0 Å². The largest absolute Gasteiger partial charge is 0.475 e. The summed E-state index contributed by atoms with van der Waals surface area (Å²) in [5.41, 5.74) is 0.762. The molecule has 38 heavy (non-hydrogen) atoms. The SMILES string of the molecule is [C-]#[N+]C(=CC1CC1)C(=O)N1CCC[C@@H]1COC[C@H](NCC(F)(F)F)C(=O)N[C@@H](Cc1ccccc1)B(O)O. The van der Waals surface area contributed by atoms with Crippen LogP contribution in [0.1, 0.15) is 31.2 Å². The summed E-state index contributed by atoms with van der Waals surface area (Å²) in [6.07, 6.45) is 0.350. The Labute approximate surface area is 220 Å². The van der Waals surface area contributed by atoms with Gasteiger partial charge >= 0.3 is 13.3 Å². The molecule has 1 aliphatic heterocycles. The summed E-state index contributed by atoms with van der Waals surface area (Å²) < 4.78 is 44.2. The Bertz CT molecular complexity index is 1010. The molecular weight excluding hydrogens is 504 g/mol. The molecule has 3 atom stereocenters. The van der Waals surface area contributed by atoms with Gasteiger partial charge in [0.05, 0.1) is 38.3 Å². The highest BCUT2D eigenvalue weighted by molar-refractivity contribution is 6.43. The van der Waals surface area contributed by atoms with E-state index in [1.807, 2.05) is 0 Å². The molecule has 1 aliphatic carbocycles. The normalized spacial score (nSPS) is 19.5. The summed E-state index contributed by atoms with van der Waals surface area (Å²) >= 11 is 0. The van der Waals surface area contributed by atoms with E-state index in [9.17, 15) is 32.8 Å². The van der Waals surface area contributed by atoms with Crippen molar-refractivity contribution in [1.82, 2.24) is 15.5 Å². The van der Waals surface area contributed by atoms with E-state index >= 15 is 0 Å². The van der Waals surface area contributed by atoms with Crippen LogP contribution in [-0.4, -0.2) is 84.4 Å². The number of allylic oxidation sites excluding steroid dienone is 1. The summed E-state index contributed by atoms with van der Waals surface area (Å²) in [6, 6.07) is 6.87. The average Bonchev–Trinajstić information content (AvgIpc) is 3.58. The van der Waals surface area contributed by atoms with E-state index in [0.717, 1.165) is 12.8 Å². The van der Waals surface area contributed by atoms with Gasteiger partial charge in [0.2, 0.25) is 11.6 Å². The summed E-state index contributed by atoms with van der Waals surface area (Å²) in [7, 11) is -1.94. The van der Waals surface area contributed by atoms with Crippen molar-refractivity contribution >= 4 is 18.9 Å². The zero-order chi connectivity index (χ0) is 27.7. The van der Waals surface area contributed by atoms with E-state index < -0.39 is 44.3 Å². The van der Waals surface area contributed by atoms with Crippen LogP contribution >= 0.6 is 0 Å². The number of amides is 2. The quantitative estimate of drug-likeness (QED) is 0.173. The molecule has 0 spiro atoms. The third-order valence-electron chi connectivity index (χ3n) is 6.44. The van der Waals surface area contributed by atoms with Gasteiger partial charge in [-0.1, -0.05) is 36.4 Å². The predicted molar refractivity (Wildman–Crippen MR) is 133 cm³/mol. The molecule has 9 nitrogen and oxygen atoms in total. The van der Waals surface area contributed by atoms with E-state index in [1.165, 1.54) is 0 Å². The van der Waals surface area contributed by atoms with E-state index in [4.69, 9.17) is 11.3 Å². The molecule has 1 heterocycles. The first-order chi connectivity index (χ1) is 18.1. The van der Waals surface area contributed by atoms with Gasteiger partial charge in [0.25, 0.3) is 5.91 Å². The van der Waals surface area contributed by atoms with Crippen LogP contribution in [0.25, 0.3) is 4.85 Å². The molecule has 0 radical (unpaired) electrons. The Morgan fingerprint density at radius 1 is 1.24 bits per heavy atom. The predicted octanol–water partition coefficient (Wildman–Crippen LogP) is 1.47. The number of nitrogens with zero attached hydrogens (tertiary/aromatic N) is 2. The first kappa shape index (κ1) is 29.6. The van der Waals surface area contributed by atoms with Crippen molar-refractivity contribution in [2.75, 3.05) is 26.3 Å². The number of benzene rings is 1. The van der Waals surface area contributed by atoms with Gasteiger partial charge in [0, 0.05) is 6.54 Å². The van der Waals surface area contributed by atoms with Gasteiger partial charge in [-0.2, -0.15) is 13.2 Å². The average molecular weight is 536 g/mol. The molecule has 2 fully saturated rings. The maximum Gasteiger partial charge on any atom is 0.475 e. The highest BCUT2D eigenvalue weighted by atomic mass is 19.4. The fourth-order valence-electron chi connectivity index (χ4n) is 4.24. The number of nitrogens with one attached hydrogen (secondary N) is 2. The molecule has 0 aromatic heterocycles. The lowest BCUT2D eigenvalue weighted by atomic mass is 9.76. The second kappa shape index (κ2) is 13.8. The minimum absolute atomic E-state index is 0.0198. The Kier molecular flexibility index (Phi) is 10.7. The van der Waals surface area contributed by atoms with Crippen molar-refractivity contribution in [3.63, 3.8) is 0 Å². The highest BCUT2D eigenvalue weighted by Gasteiger charge is 2.35. The second-order valence-corrected chi connectivity index (χ2v) is 9.60. The number of hydrogen-bond donors (Lipinski definition) is 4. The summed E-state index contributed by atoms with van der Waals surface area (Å²) in [6.45, 7) is 5.87. The molecular formula is C25H32BF3N4O5. The first-order valence-electron chi connectivity index (χ1n) is 12.6. The van der Waals surface area contributed by atoms with E-state index in [1.54, 1.807) is 41.3 Å². The molecule has 3 rings (SSSR count). The third-order valence-corrected chi connectivity index (χ3v) is 6.44. The monoisotopic (exact) mass is 536 g/mol. The van der Waals surface area contributed by atoms with E-state index in [-0.39, 0.29) is 36.6 Å². The molecule has 0 unspecified atom stereocenters. The lowest BCUT2D eigenvalue weighted by Crippen LogP contribution is -2.56. The standard InChI is InChI=1S/C25H32BF3N4O5/c1-30-20(12-18-9-10-18)24(35)33-11-5-8-19(33)14-38-15-21(31-16-25(27,28)29)23(34)32-22(26(36)37)13-17-6-3-2-4-7-17/h2-4,6-7,12,18-19,21-22,31,36-37H,5,8-11,13-16H2,(H,32,34)/t19-,21+,22+/m1/s1. The minimum atomic E-state index is -4.59. The van der Waals surface area contributed by atoms with Crippen LogP contribution in [0.4, 0.5) is 13.2 Å². The van der Waals surface area contributed by atoms with Crippen molar-refractivity contribution in [1.29, 1.82) is 0 Å². The molecule has 1 saturated heterocycles. The van der Waals surface area contributed by atoms with Crippen molar-refractivity contribution in [2.24, 2.45) is 5.92 Å². The Hall–Kier alpha value is -2.92. The Morgan fingerprint density at radius 3 is 2.55 bits per heavy atom. The van der Waals surface area contributed by atoms with Gasteiger partial charge in [0.1, 0.15) is 6.04 Å². The van der Waals surface area contributed by atoms with Crippen molar-refractivity contribution in [3.8, 4) is 0 Å². The number of ether oxygens (including phenoxy) is 1. The van der Waals surface area contributed by atoms with Crippen LogP contribution in [0.3, 0.4) is 0 Å². The molecule has 1 saturated carbocycles. The smallest absolute Gasteiger partial charge is 0.426 e. The Balaban J connectivity index is 1.60. The van der Waals surface area contributed by atoms with Crippen LogP contribution in [0, 0.1) is 12.5 Å². The van der Waals surface area contributed by atoms with E-state index in [2.05, 4.69) is 15.5 Å². The number of rotatable bonds is 13. The molecule has 1 aromatic rings. The van der Waals surface area contributed by atoms with Crippen molar-refractivity contribution in [2.45, 2.75) is 56.3 Å². The van der Waals surface area contributed by atoms with Crippen LogP contribution in [0.15, 0.2) is 42.1 Å². The number of hydrogen-bond acceptors (Lipinski definition) is 6. The van der Waals surface area contributed by atoms with Crippen LogP contribution in [0.2, 0.25) is 0 Å². The van der Waals surface area contributed by atoms with Crippen molar-refractivity contribution < 1.29 is 37.5 Å². The topological polar surface area (TPSA) is 115 Å². The number of alkyl halides is 3. The van der Waals surface area contributed by atoms with Gasteiger partial charge < -0.3 is 25.0 Å². The molecule has 2 aliphatic rings. The number of halogens is 3. The Morgan fingerprint density at radius 2 is 1.95 bits per heavy atom. The number of likely N-dealkylation sites (tertiary alicyclic amines) is 1. The molecule has 2 amide bonds. The fourth-order valence-corrected chi connectivity index (χ4v) is 4.24. The van der Waals surface area contributed by atoms with Gasteiger partial charge in [-0.05, 0) is 43.6 Å². The molecule has 4 N–H and O–H groups in total. The third kappa shape index (κ3) is 9.43. The van der Waals surface area contributed by atoms with Crippen LogP contribution < -0.4 is 10.6 Å². The van der Waals surface area contributed by atoms with Crippen LogP contribution in [-0.2, 0) is 20.7 Å². The molecule has 0 bridgehead atoms. The van der Waals surface area contributed by atoms with E-state index in [0.29, 0.717) is 24.9 Å². The zero-order valence-corrected chi connectivity index (χ0v) is 20.9. The molecule has 1 aromatic carbocycles. The number of carbonyl (C=O) groups excluding carboxylic acids is 2. The van der Waals surface area contributed by atoms with Gasteiger partial charge in [-0.15, -0.1) is 0 Å². The highest BCUT2D eigenvalue weighted by Crippen LogP contribution is 2.32. The van der Waals surface area contributed by atoms with Gasteiger partial charge in [-0.3, -0.25) is 14.9 Å². The van der Waals surface area contributed by atoms with Crippen LogP contribution in [0.5, 0.6) is 0 Å². The minimum Gasteiger partial charge on any atom is -0.426 e. The van der Waals surface area contributed by atoms with Gasteiger partial charge in [-0.25, -0.2) is 4.85 Å². The lowest BCUT2D eigenvalue weighted by Gasteiger charge is -2.27. The van der Waals surface area contributed by atoms with Crippen molar-refractivity contribution in [3.05, 3.63) is 59.1 Å². The second-order valence-electron chi connectivity index (χ2n) is 9.60.